The standard InChI is InChI=1S/C10H12N6O/c17-10-6(3-11-7-1-2-7)4-12-9(14-10)8-5-13-16-15-8/h4-5,7,11H,1-3H2,(H,12,14,17)(H,13,15,16). The fraction of sp³-hybridized carbons (Fsp3) is 0.400. The van der Waals surface area contributed by atoms with Crippen molar-refractivity contribution in [2.24, 2.45) is 0 Å². The summed E-state index contributed by atoms with van der Waals surface area (Å²) >= 11 is 0. The first-order valence-electron chi connectivity index (χ1n) is 5.50. The van der Waals surface area contributed by atoms with Crippen LogP contribution < -0.4 is 10.9 Å². The zero-order valence-electron chi connectivity index (χ0n) is 9.10. The summed E-state index contributed by atoms with van der Waals surface area (Å²) in [6, 6.07) is 0.574. The summed E-state index contributed by atoms with van der Waals surface area (Å²) in [4.78, 5) is 18.6. The summed E-state index contributed by atoms with van der Waals surface area (Å²) in [5.74, 6) is 0.430. The predicted octanol–water partition coefficient (Wildman–Crippen LogP) is -0.193. The first kappa shape index (κ1) is 10.2. The van der Waals surface area contributed by atoms with Gasteiger partial charge in [0.05, 0.1) is 6.20 Å². The van der Waals surface area contributed by atoms with Gasteiger partial charge in [0.25, 0.3) is 5.56 Å². The molecule has 2 heterocycles. The largest absolute Gasteiger partial charge is 0.310 e. The quantitative estimate of drug-likeness (QED) is 0.678. The van der Waals surface area contributed by atoms with E-state index in [9.17, 15) is 4.79 Å². The molecule has 0 radical (unpaired) electrons. The number of hydrogen-bond donors (Lipinski definition) is 3. The van der Waals surface area contributed by atoms with Gasteiger partial charge in [0.2, 0.25) is 0 Å². The Bertz CT molecular complexity index is 556. The Labute approximate surface area is 96.7 Å². The smallest absolute Gasteiger partial charge is 0.255 e. The zero-order chi connectivity index (χ0) is 11.7. The summed E-state index contributed by atoms with van der Waals surface area (Å²) in [5.41, 5.74) is 1.04. The molecule has 7 heteroatoms. The number of nitrogens with one attached hydrogen (secondary N) is 3. The molecule has 2 aromatic heterocycles. The second kappa shape index (κ2) is 4.10. The Morgan fingerprint density at radius 3 is 2.94 bits per heavy atom. The van der Waals surface area contributed by atoms with E-state index in [-0.39, 0.29) is 5.56 Å². The third kappa shape index (κ3) is 2.23. The van der Waals surface area contributed by atoms with Crippen LogP contribution in [0.3, 0.4) is 0 Å². The second-order valence-corrected chi connectivity index (χ2v) is 4.10. The molecule has 0 unspecified atom stereocenters. The molecule has 0 aromatic carbocycles. The first-order chi connectivity index (χ1) is 8.33. The molecule has 2 aromatic rings. The molecule has 1 aliphatic rings. The Morgan fingerprint density at radius 2 is 2.29 bits per heavy atom. The molecule has 0 aliphatic heterocycles. The van der Waals surface area contributed by atoms with Crippen molar-refractivity contribution < 1.29 is 0 Å². The van der Waals surface area contributed by atoms with E-state index in [2.05, 4.69) is 30.7 Å². The molecule has 7 nitrogen and oxygen atoms in total. The molecule has 0 amide bonds. The second-order valence-electron chi connectivity index (χ2n) is 4.10. The topological polar surface area (TPSA) is 99.4 Å². The lowest BCUT2D eigenvalue weighted by molar-refractivity contribution is 0.679. The van der Waals surface area contributed by atoms with Crippen molar-refractivity contribution in [1.29, 1.82) is 0 Å². The fourth-order valence-electron chi connectivity index (χ4n) is 1.53. The minimum atomic E-state index is -0.133. The number of rotatable bonds is 4. The molecule has 1 aliphatic carbocycles. The highest BCUT2D eigenvalue weighted by Crippen LogP contribution is 2.18. The number of aromatic amines is 2. The maximum absolute atomic E-state index is 11.8. The Hall–Kier alpha value is -2.02. The van der Waals surface area contributed by atoms with Crippen LogP contribution in [0.25, 0.3) is 11.5 Å². The molecular formula is C10H12N6O. The number of aromatic nitrogens is 5. The monoisotopic (exact) mass is 232 g/mol. The van der Waals surface area contributed by atoms with Crippen molar-refractivity contribution in [3.63, 3.8) is 0 Å². The maximum Gasteiger partial charge on any atom is 0.255 e. The van der Waals surface area contributed by atoms with Crippen LogP contribution in [-0.4, -0.2) is 31.4 Å². The minimum Gasteiger partial charge on any atom is -0.310 e. The first-order valence-corrected chi connectivity index (χ1v) is 5.50. The van der Waals surface area contributed by atoms with Gasteiger partial charge in [-0.3, -0.25) is 4.79 Å². The van der Waals surface area contributed by atoms with Crippen LogP contribution in [0, 0.1) is 0 Å². The summed E-state index contributed by atoms with van der Waals surface area (Å²) in [7, 11) is 0. The molecule has 0 spiro atoms. The van der Waals surface area contributed by atoms with E-state index in [0.717, 1.165) is 0 Å². The summed E-state index contributed by atoms with van der Waals surface area (Å²) in [6.07, 6.45) is 5.49. The van der Waals surface area contributed by atoms with Gasteiger partial charge in [0.15, 0.2) is 5.82 Å². The fourth-order valence-corrected chi connectivity index (χ4v) is 1.53. The van der Waals surface area contributed by atoms with Crippen LogP contribution in [0.1, 0.15) is 18.4 Å². The van der Waals surface area contributed by atoms with Gasteiger partial charge < -0.3 is 10.3 Å². The average Bonchev–Trinajstić information content (AvgIpc) is 3.00. The Balaban J connectivity index is 1.80. The lowest BCUT2D eigenvalue weighted by Gasteiger charge is -2.02. The van der Waals surface area contributed by atoms with Gasteiger partial charge in [-0.1, -0.05) is 0 Å². The van der Waals surface area contributed by atoms with Gasteiger partial charge >= 0.3 is 0 Å². The summed E-state index contributed by atoms with van der Waals surface area (Å²) < 4.78 is 0. The molecule has 88 valence electrons. The molecule has 1 fully saturated rings. The van der Waals surface area contributed by atoms with Crippen molar-refractivity contribution >= 4 is 0 Å². The highest BCUT2D eigenvalue weighted by atomic mass is 16.1. The van der Waals surface area contributed by atoms with Crippen molar-refractivity contribution in [3.05, 3.63) is 28.3 Å². The van der Waals surface area contributed by atoms with Gasteiger partial charge in [-0.25, -0.2) is 4.98 Å². The molecule has 1 saturated carbocycles. The lowest BCUT2D eigenvalue weighted by Crippen LogP contribution is -2.23. The molecule has 3 N–H and O–H groups in total. The van der Waals surface area contributed by atoms with Crippen LogP contribution >= 0.6 is 0 Å². The third-order valence-corrected chi connectivity index (χ3v) is 2.69. The third-order valence-electron chi connectivity index (χ3n) is 2.69. The van der Waals surface area contributed by atoms with Crippen molar-refractivity contribution in [3.8, 4) is 11.5 Å². The van der Waals surface area contributed by atoms with Crippen LogP contribution in [0.4, 0.5) is 0 Å². The minimum absolute atomic E-state index is 0.133. The normalized spacial score (nSPS) is 15.1. The molecule has 0 atom stereocenters. The van der Waals surface area contributed by atoms with E-state index in [4.69, 9.17) is 0 Å². The van der Waals surface area contributed by atoms with Crippen molar-refractivity contribution in [2.75, 3.05) is 0 Å². The van der Waals surface area contributed by atoms with E-state index in [1.54, 1.807) is 6.20 Å². The van der Waals surface area contributed by atoms with Crippen LogP contribution in [-0.2, 0) is 6.54 Å². The summed E-state index contributed by atoms with van der Waals surface area (Å²) in [6.45, 7) is 0.562. The van der Waals surface area contributed by atoms with Crippen LogP contribution in [0.5, 0.6) is 0 Å². The van der Waals surface area contributed by atoms with Crippen LogP contribution in [0.2, 0.25) is 0 Å². The van der Waals surface area contributed by atoms with E-state index in [1.165, 1.54) is 19.0 Å². The predicted molar refractivity (Wildman–Crippen MR) is 60.1 cm³/mol. The highest BCUT2D eigenvalue weighted by Gasteiger charge is 2.20. The van der Waals surface area contributed by atoms with Crippen molar-refractivity contribution in [2.45, 2.75) is 25.4 Å². The summed E-state index contributed by atoms with van der Waals surface area (Å²) in [5, 5.41) is 13.3. The van der Waals surface area contributed by atoms with E-state index >= 15 is 0 Å². The van der Waals surface area contributed by atoms with E-state index in [0.29, 0.717) is 29.7 Å². The van der Waals surface area contributed by atoms with Gasteiger partial charge in [0.1, 0.15) is 5.69 Å². The Morgan fingerprint density at radius 1 is 1.41 bits per heavy atom. The van der Waals surface area contributed by atoms with Gasteiger partial charge in [-0.2, -0.15) is 15.4 Å². The van der Waals surface area contributed by atoms with Crippen molar-refractivity contribution in [1.82, 2.24) is 30.7 Å². The molecule has 0 bridgehead atoms. The number of nitrogens with zero attached hydrogens (tertiary/aromatic N) is 3. The number of hydrogen-bond acceptors (Lipinski definition) is 5. The maximum atomic E-state index is 11.8. The zero-order valence-corrected chi connectivity index (χ0v) is 9.10. The van der Waals surface area contributed by atoms with Crippen LogP contribution in [0.15, 0.2) is 17.2 Å². The van der Waals surface area contributed by atoms with Gasteiger partial charge in [0, 0.05) is 24.3 Å². The Kier molecular flexibility index (Phi) is 2.45. The SMILES string of the molecule is O=c1[nH]c(-c2cn[nH]n2)ncc1CNC1CC1. The highest BCUT2D eigenvalue weighted by molar-refractivity contribution is 5.45. The van der Waals surface area contributed by atoms with Gasteiger partial charge in [-0.15, -0.1) is 0 Å². The molecule has 0 saturated heterocycles. The van der Waals surface area contributed by atoms with E-state index < -0.39 is 0 Å². The average molecular weight is 232 g/mol. The number of H-pyrrole nitrogens is 2. The molecule has 3 rings (SSSR count). The van der Waals surface area contributed by atoms with E-state index in [1.807, 2.05) is 0 Å². The molecular weight excluding hydrogens is 220 g/mol. The van der Waals surface area contributed by atoms with Gasteiger partial charge in [-0.05, 0) is 12.8 Å². The molecule has 17 heavy (non-hydrogen) atoms. The lowest BCUT2D eigenvalue weighted by atomic mass is 10.3.